The van der Waals surface area contributed by atoms with E-state index in [0.717, 1.165) is 29.8 Å². The Hall–Kier alpha value is -0.720. The van der Waals surface area contributed by atoms with Gasteiger partial charge in [-0.2, -0.15) is 16.9 Å². The van der Waals surface area contributed by atoms with Crippen LogP contribution in [0.25, 0.3) is 0 Å². The van der Waals surface area contributed by atoms with Crippen molar-refractivity contribution in [2.75, 3.05) is 23.4 Å². The molecule has 2 aliphatic rings. The molecule has 1 aliphatic carbocycles. The second-order valence-corrected chi connectivity index (χ2v) is 6.87. The molecule has 2 unspecified atom stereocenters. The molecule has 0 spiro atoms. The van der Waals surface area contributed by atoms with E-state index in [1.165, 1.54) is 12.8 Å². The van der Waals surface area contributed by atoms with Crippen molar-refractivity contribution in [2.45, 2.75) is 38.3 Å². The molecule has 0 radical (unpaired) electrons. The Morgan fingerprint density at radius 1 is 1.62 bits per heavy atom. The van der Waals surface area contributed by atoms with Crippen molar-refractivity contribution in [1.29, 1.82) is 0 Å². The summed E-state index contributed by atoms with van der Waals surface area (Å²) >= 11 is 1.91. The van der Waals surface area contributed by atoms with E-state index in [4.69, 9.17) is 0 Å². The van der Waals surface area contributed by atoms with Gasteiger partial charge >= 0.3 is 0 Å². The highest BCUT2D eigenvalue weighted by Gasteiger charge is 2.30. The number of halogens is 1. The van der Waals surface area contributed by atoms with E-state index in [1.54, 1.807) is 6.20 Å². The van der Waals surface area contributed by atoms with Crippen molar-refractivity contribution >= 4 is 35.9 Å². The topological polar surface area (TPSA) is 59.0 Å². The van der Waals surface area contributed by atoms with E-state index >= 15 is 0 Å². The van der Waals surface area contributed by atoms with Crippen LogP contribution in [0.5, 0.6) is 0 Å². The number of nitrogens with zero attached hydrogens (tertiary/aromatic N) is 2. The van der Waals surface area contributed by atoms with Gasteiger partial charge in [-0.05, 0) is 25.7 Å². The Kier molecular flexibility index (Phi) is 5.96. The SMILES string of the molecule is CC(C1CC1)n1nccc1NC(=O)CC1CSCCN1.Cl. The fraction of sp³-hybridized carbons (Fsp3) is 0.714. The van der Waals surface area contributed by atoms with Crippen LogP contribution in [-0.2, 0) is 4.79 Å². The van der Waals surface area contributed by atoms with Gasteiger partial charge in [-0.3, -0.25) is 4.79 Å². The van der Waals surface area contributed by atoms with E-state index in [0.29, 0.717) is 18.5 Å². The summed E-state index contributed by atoms with van der Waals surface area (Å²) in [5.74, 6) is 3.80. The molecule has 5 nitrogen and oxygen atoms in total. The van der Waals surface area contributed by atoms with E-state index < -0.39 is 0 Å². The van der Waals surface area contributed by atoms with Crippen molar-refractivity contribution in [2.24, 2.45) is 5.92 Å². The monoisotopic (exact) mass is 330 g/mol. The normalized spacial score (nSPS) is 23.2. The summed E-state index contributed by atoms with van der Waals surface area (Å²) in [5.41, 5.74) is 0. The molecule has 1 aromatic heterocycles. The first kappa shape index (κ1) is 16.6. The van der Waals surface area contributed by atoms with Crippen molar-refractivity contribution in [1.82, 2.24) is 15.1 Å². The Labute approximate surface area is 136 Å². The standard InChI is InChI=1S/C14H22N4OS.ClH/c1-10(11-2-3-11)18-13(4-5-16-18)17-14(19)8-12-9-20-7-6-15-12;/h4-5,10-12,15H,2-3,6-9H2,1H3,(H,17,19);1H. The molecule has 2 heterocycles. The maximum atomic E-state index is 12.1. The number of nitrogens with one attached hydrogen (secondary N) is 2. The van der Waals surface area contributed by atoms with Crippen LogP contribution in [0.4, 0.5) is 5.82 Å². The highest BCUT2D eigenvalue weighted by atomic mass is 35.5. The van der Waals surface area contributed by atoms with Crippen LogP contribution in [0, 0.1) is 5.92 Å². The Bertz CT molecular complexity index is 471. The maximum absolute atomic E-state index is 12.1. The summed E-state index contributed by atoms with van der Waals surface area (Å²) in [6.45, 7) is 3.18. The highest BCUT2D eigenvalue weighted by Crippen LogP contribution is 2.40. The average molecular weight is 331 g/mol. The molecule has 0 bridgehead atoms. The van der Waals surface area contributed by atoms with Gasteiger partial charge in [-0.1, -0.05) is 0 Å². The summed E-state index contributed by atoms with van der Waals surface area (Å²) < 4.78 is 1.96. The van der Waals surface area contributed by atoms with Gasteiger partial charge in [-0.15, -0.1) is 12.4 Å². The van der Waals surface area contributed by atoms with E-state index in [2.05, 4.69) is 22.7 Å². The zero-order chi connectivity index (χ0) is 13.9. The zero-order valence-electron chi connectivity index (χ0n) is 12.2. The predicted molar refractivity (Wildman–Crippen MR) is 89.3 cm³/mol. The number of thioether (sulfide) groups is 1. The van der Waals surface area contributed by atoms with Gasteiger partial charge in [0.25, 0.3) is 0 Å². The van der Waals surface area contributed by atoms with Gasteiger partial charge in [0.15, 0.2) is 0 Å². The molecule has 2 N–H and O–H groups in total. The van der Waals surface area contributed by atoms with Crippen LogP contribution < -0.4 is 10.6 Å². The number of carbonyl (C=O) groups excluding carboxylic acids is 1. The molecule has 21 heavy (non-hydrogen) atoms. The zero-order valence-corrected chi connectivity index (χ0v) is 13.9. The maximum Gasteiger partial charge on any atom is 0.227 e. The minimum atomic E-state index is 0. The summed E-state index contributed by atoms with van der Waals surface area (Å²) in [6, 6.07) is 2.56. The fourth-order valence-electron chi connectivity index (χ4n) is 2.68. The quantitative estimate of drug-likeness (QED) is 0.869. The van der Waals surface area contributed by atoms with Crippen molar-refractivity contribution < 1.29 is 4.79 Å². The first-order chi connectivity index (χ1) is 9.74. The summed E-state index contributed by atoms with van der Waals surface area (Å²) in [4.78, 5) is 12.1. The third kappa shape index (κ3) is 4.37. The van der Waals surface area contributed by atoms with Crippen LogP contribution in [0.2, 0.25) is 0 Å². The first-order valence-corrected chi connectivity index (χ1v) is 8.54. The van der Waals surface area contributed by atoms with Gasteiger partial charge in [0.1, 0.15) is 5.82 Å². The lowest BCUT2D eigenvalue weighted by molar-refractivity contribution is -0.116. The molecule has 1 aliphatic heterocycles. The van der Waals surface area contributed by atoms with Crippen LogP contribution in [0.3, 0.4) is 0 Å². The van der Waals surface area contributed by atoms with Gasteiger partial charge in [-0.25, -0.2) is 4.68 Å². The Morgan fingerprint density at radius 3 is 3.10 bits per heavy atom. The van der Waals surface area contributed by atoms with Crippen LogP contribution in [0.1, 0.15) is 32.2 Å². The third-order valence-electron chi connectivity index (χ3n) is 4.06. The predicted octanol–water partition coefficient (Wildman–Crippen LogP) is 2.31. The third-order valence-corrected chi connectivity index (χ3v) is 5.19. The molecular weight excluding hydrogens is 308 g/mol. The van der Waals surface area contributed by atoms with Gasteiger partial charge in [0.05, 0.1) is 12.2 Å². The minimum absolute atomic E-state index is 0. The number of hydrogen-bond acceptors (Lipinski definition) is 4. The van der Waals surface area contributed by atoms with Crippen molar-refractivity contribution in [3.8, 4) is 0 Å². The average Bonchev–Trinajstić information content (AvgIpc) is 3.20. The van der Waals surface area contributed by atoms with Gasteiger partial charge < -0.3 is 10.6 Å². The van der Waals surface area contributed by atoms with Crippen LogP contribution in [0.15, 0.2) is 12.3 Å². The number of carbonyl (C=O) groups is 1. The number of aromatic nitrogens is 2. The number of amides is 1. The molecular formula is C14H23ClN4OS. The van der Waals surface area contributed by atoms with Crippen LogP contribution >= 0.6 is 24.2 Å². The number of rotatable bonds is 5. The van der Waals surface area contributed by atoms with E-state index in [9.17, 15) is 4.79 Å². The molecule has 1 saturated heterocycles. The lowest BCUT2D eigenvalue weighted by Crippen LogP contribution is -2.40. The largest absolute Gasteiger partial charge is 0.312 e. The molecule has 1 amide bonds. The highest BCUT2D eigenvalue weighted by molar-refractivity contribution is 7.99. The van der Waals surface area contributed by atoms with E-state index in [1.807, 2.05) is 22.5 Å². The Balaban J connectivity index is 0.00000161. The first-order valence-electron chi connectivity index (χ1n) is 7.38. The van der Waals surface area contributed by atoms with Gasteiger partial charge in [0.2, 0.25) is 5.91 Å². The van der Waals surface area contributed by atoms with Crippen molar-refractivity contribution in [3.63, 3.8) is 0 Å². The lowest BCUT2D eigenvalue weighted by atomic mass is 10.2. The molecule has 7 heteroatoms. The van der Waals surface area contributed by atoms with Gasteiger partial charge in [0, 0.05) is 36.6 Å². The minimum Gasteiger partial charge on any atom is -0.312 e. The van der Waals surface area contributed by atoms with Crippen molar-refractivity contribution in [3.05, 3.63) is 12.3 Å². The second kappa shape index (κ2) is 7.51. The summed E-state index contributed by atoms with van der Waals surface area (Å²) in [5, 5.41) is 10.8. The number of hydrogen-bond donors (Lipinski definition) is 2. The van der Waals surface area contributed by atoms with E-state index in [-0.39, 0.29) is 18.3 Å². The fourth-order valence-corrected chi connectivity index (χ4v) is 3.63. The molecule has 3 rings (SSSR count). The summed E-state index contributed by atoms with van der Waals surface area (Å²) in [7, 11) is 0. The summed E-state index contributed by atoms with van der Waals surface area (Å²) in [6.07, 6.45) is 4.86. The molecule has 118 valence electrons. The number of anilines is 1. The molecule has 1 aromatic rings. The molecule has 0 aromatic carbocycles. The Morgan fingerprint density at radius 2 is 2.43 bits per heavy atom. The molecule has 2 fully saturated rings. The van der Waals surface area contributed by atoms with Crippen LogP contribution in [-0.4, -0.2) is 39.8 Å². The molecule has 1 saturated carbocycles. The second-order valence-electron chi connectivity index (χ2n) is 5.72. The molecule has 2 atom stereocenters. The lowest BCUT2D eigenvalue weighted by Gasteiger charge is -2.22. The smallest absolute Gasteiger partial charge is 0.227 e.